The lowest BCUT2D eigenvalue weighted by atomic mass is 10.0. The molecule has 1 saturated heterocycles. The van der Waals surface area contributed by atoms with E-state index in [1.54, 1.807) is 0 Å². The van der Waals surface area contributed by atoms with Gasteiger partial charge in [-0.25, -0.2) is 0 Å². The molecule has 5 amide bonds. The molecule has 0 aliphatic carbocycles. The predicted octanol–water partition coefficient (Wildman–Crippen LogP) is -1.43. The van der Waals surface area contributed by atoms with E-state index in [2.05, 4.69) is 10.6 Å². The maximum absolute atomic E-state index is 12.8. The molecule has 0 bridgehead atoms. The fraction of sp³-hybridized carbons (Fsp3) is 0.476. The lowest BCUT2D eigenvalue weighted by Gasteiger charge is -2.27. The fourth-order valence-electron chi connectivity index (χ4n) is 3.41. The summed E-state index contributed by atoms with van der Waals surface area (Å²) in [5, 5.41) is 4.77. The van der Waals surface area contributed by atoms with Crippen molar-refractivity contribution in [2.75, 3.05) is 46.1 Å². The Hall–Kier alpha value is -3.35. The highest BCUT2D eigenvalue weighted by Gasteiger charge is 2.44. The van der Waals surface area contributed by atoms with E-state index in [4.69, 9.17) is 19.9 Å². The van der Waals surface area contributed by atoms with Crippen LogP contribution < -0.4 is 21.1 Å². The van der Waals surface area contributed by atoms with Gasteiger partial charge in [0, 0.05) is 19.5 Å². The van der Waals surface area contributed by atoms with Crippen LogP contribution in [-0.4, -0.2) is 86.6 Å². The van der Waals surface area contributed by atoms with E-state index in [-0.39, 0.29) is 48.8 Å². The summed E-state index contributed by atoms with van der Waals surface area (Å²) < 4.78 is 15.9. The number of nitrogens with one attached hydrogen (secondary N) is 2. The van der Waals surface area contributed by atoms with Crippen molar-refractivity contribution in [2.24, 2.45) is 5.73 Å². The Morgan fingerprint density at radius 3 is 2.52 bits per heavy atom. The first kappa shape index (κ1) is 24.3. The highest BCUT2D eigenvalue weighted by molar-refractivity contribution is 6.23. The monoisotopic (exact) mass is 462 g/mol. The zero-order valence-electron chi connectivity index (χ0n) is 18.0. The first-order valence-corrected chi connectivity index (χ1v) is 10.5. The van der Waals surface area contributed by atoms with Gasteiger partial charge < -0.3 is 25.3 Å². The lowest BCUT2D eigenvalue weighted by Crippen LogP contribution is -2.54. The number of fused-ring (bicyclic) bond motifs is 1. The molecule has 1 unspecified atom stereocenters. The Morgan fingerprint density at radius 1 is 1.06 bits per heavy atom. The van der Waals surface area contributed by atoms with Crippen molar-refractivity contribution in [3.63, 3.8) is 0 Å². The molecular formula is C21H26N4O8. The van der Waals surface area contributed by atoms with Crippen molar-refractivity contribution < 1.29 is 38.2 Å². The number of nitrogens with two attached hydrogens (primary N) is 1. The van der Waals surface area contributed by atoms with Crippen molar-refractivity contribution in [3.8, 4) is 5.75 Å². The number of rotatable bonds is 12. The van der Waals surface area contributed by atoms with Gasteiger partial charge in [-0.3, -0.25) is 34.2 Å². The first-order chi connectivity index (χ1) is 15.9. The normalized spacial score (nSPS) is 17.7. The van der Waals surface area contributed by atoms with Crippen LogP contribution in [0.25, 0.3) is 0 Å². The van der Waals surface area contributed by atoms with E-state index in [9.17, 15) is 24.0 Å². The first-order valence-electron chi connectivity index (χ1n) is 10.5. The number of ether oxygens (including phenoxy) is 3. The highest BCUT2D eigenvalue weighted by Crippen LogP contribution is 2.30. The van der Waals surface area contributed by atoms with E-state index < -0.39 is 29.7 Å². The Labute approximate surface area is 189 Å². The SMILES string of the molecule is NCCOCCOCCNC(=O)COc1ccc2c(c1)C(=O)N(C1CCC(=O)NC1=O)C2=O. The summed E-state index contributed by atoms with van der Waals surface area (Å²) in [5.74, 6) is -2.53. The minimum Gasteiger partial charge on any atom is -0.484 e. The molecule has 2 aliphatic heterocycles. The van der Waals surface area contributed by atoms with Crippen LogP contribution in [0.5, 0.6) is 5.75 Å². The molecular weight excluding hydrogens is 436 g/mol. The molecule has 33 heavy (non-hydrogen) atoms. The van der Waals surface area contributed by atoms with Crippen molar-refractivity contribution >= 4 is 29.5 Å². The summed E-state index contributed by atoms with van der Waals surface area (Å²) in [5.41, 5.74) is 5.51. The van der Waals surface area contributed by atoms with Crippen LogP contribution in [0.4, 0.5) is 0 Å². The Kier molecular flexibility index (Phi) is 8.46. The van der Waals surface area contributed by atoms with E-state index >= 15 is 0 Å². The molecule has 0 aromatic heterocycles. The molecule has 4 N–H and O–H groups in total. The minimum atomic E-state index is -1.04. The standard InChI is InChI=1S/C21H26N4O8/c22-5-7-31-9-10-32-8-6-23-18(27)12-33-13-1-2-14-15(11-13)21(30)25(20(14)29)16-3-4-17(26)24-19(16)28/h1-2,11,16H,3-10,12,22H2,(H,23,27)(H,24,26,28). The van der Waals surface area contributed by atoms with Crippen LogP contribution in [-0.2, 0) is 23.9 Å². The van der Waals surface area contributed by atoms with Crippen LogP contribution in [0.1, 0.15) is 33.6 Å². The van der Waals surface area contributed by atoms with Crippen molar-refractivity contribution in [3.05, 3.63) is 29.3 Å². The van der Waals surface area contributed by atoms with Gasteiger partial charge in [-0.05, 0) is 24.6 Å². The topological polar surface area (TPSA) is 166 Å². The third kappa shape index (κ3) is 6.12. The number of carbonyl (C=O) groups excluding carboxylic acids is 5. The molecule has 1 aromatic rings. The van der Waals surface area contributed by atoms with Gasteiger partial charge in [0.05, 0.1) is 37.6 Å². The van der Waals surface area contributed by atoms with Crippen molar-refractivity contribution in [1.82, 2.24) is 15.5 Å². The van der Waals surface area contributed by atoms with Gasteiger partial charge in [-0.2, -0.15) is 0 Å². The number of hydrogen-bond acceptors (Lipinski definition) is 9. The third-order valence-corrected chi connectivity index (χ3v) is 4.98. The molecule has 178 valence electrons. The maximum Gasteiger partial charge on any atom is 0.262 e. The molecule has 1 fully saturated rings. The van der Waals surface area contributed by atoms with Gasteiger partial charge in [0.1, 0.15) is 11.8 Å². The summed E-state index contributed by atoms with van der Waals surface area (Å²) >= 11 is 0. The van der Waals surface area contributed by atoms with E-state index in [0.29, 0.717) is 33.0 Å². The molecule has 12 nitrogen and oxygen atoms in total. The molecule has 0 spiro atoms. The van der Waals surface area contributed by atoms with E-state index in [0.717, 1.165) is 4.90 Å². The second kappa shape index (κ2) is 11.5. The molecule has 2 aliphatic rings. The smallest absolute Gasteiger partial charge is 0.262 e. The van der Waals surface area contributed by atoms with Crippen molar-refractivity contribution in [2.45, 2.75) is 18.9 Å². The summed E-state index contributed by atoms with van der Waals surface area (Å²) in [7, 11) is 0. The number of piperidine rings is 1. The van der Waals surface area contributed by atoms with Gasteiger partial charge in [-0.15, -0.1) is 0 Å². The largest absolute Gasteiger partial charge is 0.484 e. The summed E-state index contributed by atoms with van der Waals surface area (Å²) in [4.78, 5) is 61.7. The van der Waals surface area contributed by atoms with Gasteiger partial charge in [0.15, 0.2) is 6.61 Å². The van der Waals surface area contributed by atoms with Crippen molar-refractivity contribution in [1.29, 1.82) is 0 Å². The molecule has 0 saturated carbocycles. The van der Waals surface area contributed by atoms with Crippen LogP contribution in [0, 0.1) is 0 Å². The average Bonchev–Trinajstić information content (AvgIpc) is 3.04. The molecule has 0 radical (unpaired) electrons. The number of imide groups is 2. The zero-order valence-corrected chi connectivity index (χ0v) is 18.0. The van der Waals surface area contributed by atoms with E-state index in [1.165, 1.54) is 18.2 Å². The number of benzene rings is 1. The van der Waals surface area contributed by atoms with E-state index in [1.807, 2.05) is 0 Å². The maximum atomic E-state index is 12.8. The van der Waals surface area contributed by atoms with Crippen LogP contribution in [0.15, 0.2) is 18.2 Å². The van der Waals surface area contributed by atoms with Gasteiger partial charge in [0.2, 0.25) is 11.8 Å². The second-order valence-corrected chi connectivity index (χ2v) is 7.31. The van der Waals surface area contributed by atoms with Gasteiger partial charge in [-0.1, -0.05) is 0 Å². The number of nitrogens with zero attached hydrogens (tertiary/aromatic N) is 1. The number of amides is 5. The lowest BCUT2D eigenvalue weighted by molar-refractivity contribution is -0.136. The Morgan fingerprint density at radius 2 is 1.79 bits per heavy atom. The fourth-order valence-corrected chi connectivity index (χ4v) is 3.41. The molecule has 12 heteroatoms. The summed E-state index contributed by atoms with van der Waals surface area (Å²) in [6, 6.07) is 3.20. The average molecular weight is 462 g/mol. The number of carbonyl (C=O) groups is 5. The quantitative estimate of drug-likeness (QED) is 0.249. The molecule has 3 rings (SSSR count). The summed E-state index contributed by atoms with van der Waals surface area (Å²) in [6.45, 7) is 2.04. The Bertz CT molecular complexity index is 935. The Balaban J connectivity index is 1.46. The highest BCUT2D eigenvalue weighted by atomic mass is 16.5. The molecule has 1 aromatic carbocycles. The predicted molar refractivity (Wildman–Crippen MR) is 112 cm³/mol. The van der Waals surface area contributed by atoms with Gasteiger partial charge >= 0.3 is 0 Å². The zero-order chi connectivity index (χ0) is 23.8. The van der Waals surface area contributed by atoms with Gasteiger partial charge in [0.25, 0.3) is 17.7 Å². The summed E-state index contributed by atoms with van der Waals surface area (Å²) in [6.07, 6.45) is 0.116. The minimum absolute atomic E-state index is 0.0421. The van der Waals surface area contributed by atoms with Crippen LogP contribution >= 0.6 is 0 Å². The van der Waals surface area contributed by atoms with Crippen LogP contribution in [0.2, 0.25) is 0 Å². The molecule has 1 atom stereocenters. The second-order valence-electron chi connectivity index (χ2n) is 7.31. The molecule has 2 heterocycles. The number of hydrogen-bond donors (Lipinski definition) is 3. The van der Waals surface area contributed by atoms with Crippen LogP contribution in [0.3, 0.4) is 0 Å². The third-order valence-electron chi connectivity index (χ3n) is 4.98.